The number of aromatic nitrogens is 2. The van der Waals surface area contributed by atoms with Gasteiger partial charge >= 0.3 is 0 Å². The standard InChI is InChI=1S/C11H17N3/c1-7-4-11(12)14(13-7)10-6-8-2-3-9(10)5-8/h4,8-10H,2-3,5-6,12H2,1H3/t8-,9+,10+/m0/s1. The van der Waals surface area contributed by atoms with E-state index in [9.17, 15) is 0 Å². The molecule has 2 saturated carbocycles. The van der Waals surface area contributed by atoms with Gasteiger partial charge in [-0.15, -0.1) is 0 Å². The van der Waals surface area contributed by atoms with Gasteiger partial charge in [-0.1, -0.05) is 6.42 Å². The van der Waals surface area contributed by atoms with Crippen molar-refractivity contribution in [2.24, 2.45) is 11.8 Å². The van der Waals surface area contributed by atoms with Gasteiger partial charge in [0.2, 0.25) is 0 Å². The van der Waals surface area contributed by atoms with Crippen LogP contribution in [0.15, 0.2) is 6.07 Å². The molecule has 2 bridgehead atoms. The SMILES string of the molecule is Cc1cc(N)n([C@@H]2C[C@H]3CC[C@@H]2C3)n1. The van der Waals surface area contributed by atoms with Crippen molar-refractivity contribution in [3.63, 3.8) is 0 Å². The van der Waals surface area contributed by atoms with Crippen molar-refractivity contribution in [1.29, 1.82) is 0 Å². The molecule has 14 heavy (non-hydrogen) atoms. The quantitative estimate of drug-likeness (QED) is 0.739. The van der Waals surface area contributed by atoms with Gasteiger partial charge in [0.1, 0.15) is 5.82 Å². The molecule has 1 heterocycles. The summed E-state index contributed by atoms with van der Waals surface area (Å²) in [6, 6.07) is 2.58. The summed E-state index contributed by atoms with van der Waals surface area (Å²) in [5.74, 6) is 2.65. The van der Waals surface area contributed by atoms with Gasteiger partial charge in [0.05, 0.1) is 11.7 Å². The van der Waals surface area contributed by atoms with E-state index in [1.165, 1.54) is 25.7 Å². The van der Waals surface area contributed by atoms with Crippen LogP contribution < -0.4 is 5.73 Å². The Morgan fingerprint density at radius 1 is 1.43 bits per heavy atom. The van der Waals surface area contributed by atoms with E-state index in [1.807, 2.05) is 13.0 Å². The molecular formula is C11H17N3. The molecule has 2 N–H and O–H groups in total. The Morgan fingerprint density at radius 3 is 2.79 bits per heavy atom. The number of rotatable bonds is 1. The number of nitrogens with two attached hydrogens (primary N) is 1. The molecule has 0 aromatic carbocycles. The van der Waals surface area contributed by atoms with Crippen LogP contribution in [0.2, 0.25) is 0 Å². The van der Waals surface area contributed by atoms with Crippen molar-refractivity contribution in [3.05, 3.63) is 11.8 Å². The maximum Gasteiger partial charge on any atom is 0.122 e. The lowest BCUT2D eigenvalue weighted by atomic mass is 9.95. The Balaban J connectivity index is 1.92. The molecule has 3 heteroatoms. The van der Waals surface area contributed by atoms with E-state index >= 15 is 0 Å². The lowest BCUT2D eigenvalue weighted by molar-refractivity contribution is 0.309. The predicted octanol–water partition coefficient (Wildman–Crippen LogP) is 2.13. The minimum absolute atomic E-state index is 0.599. The molecule has 3 nitrogen and oxygen atoms in total. The Hall–Kier alpha value is -0.990. The second-order valence-corrected chi connectivity index (χ2v) is 4.90. The van der Waals surface area contributed by atoms with Gasteiger partial charge in [0.25, 0.3) is 0 Å². The lowest BCUT2D eigenvalue weighted by Crippen LogP contribution is -2.19. The number of hydrogen-bond donors (Lipinski definition) is 1. The first-order valence-corrected chi connectivity index (χ1v) is 5.55. The number of anilines is 1. The fraction of sp³-hybridized carbons (Fsp3) is 0.727. The Morgan fingerprint density at radius 2 is 2.29 bits per heavy atom. The first-order chi connectivity index (χ1) is 6.74. The molecule has 0 unspecified atom stereocenters. The van der Waals surface area contributed by atoms with E-state index < -0.39 is 0 Å². The number of nitrogen functional groups attached to an aromatic ring is 1. The molecular weight excluding hydrogens is 174 g/mol. The number of nitrogens with zero attached hydrogens (tertiary/aromatic N) is 2. The lowest BCUT2D eigenvalue weighted by Gasteiger charge is -2.22. The predicted molar refractivity (Wildman–Crippen MR) is 55.9 cm³/mol. The van der Waals surface area contributed by atoms with Crippen molar-refractivity contribution < 1.29 is 0 Å². The fourth-order valence-electron chi connectivity index (χ4n) is 3.31. The average molecular weight is 191 g/mol. The maximum atomic E-state index is 5.95. The molecule has 3 atom stereocenters. The van der Waals surface area contributed by atoms with E-state index in [0.717, 1.165) is 23.3 Å². The van der Waals surface area contributed by atoms with Crippen molar-refractivity contribution in [1.82, 2.24) is 9.78 Å². The van der Waals surface area contributed by atoms with E-state index in [2.05, 4.69) is 9.78 Å². The van der Waals surface area contributed by atoms with Crippen molar-refractivity contribution in [3.8, 4) is 0 Å². The van der Waals surface area contributed by atoms with Gasteiger partial charge in [-0.25, -0.2) is 4.68 Å². The molecule has 3 rings (SSSR count). The maximum absolute atomic E-state index is 5.95. The minimum atomic E-state index is 0.599. The summed E-state index contributed by atoms with van der Waals surface area (Å²) < 4.78 is 2.07. The molecule has 0 radical (unpaired) electrons. The fourth-order valence-corrected chi connectivity index (χ4v) is 3.31. The van der Waals surface area contributed by atoms with Crippen LogP contribution in [0.3, 0.4) is 0 Å². The van der Waals surface area contributed by atoms with Crippen molar-refractivity contribution in [2.45, 2.75) is 38.6 Å². The average Bonchev–Trinajstić information content (AvgIpc) is 2.79. The zero-order chi connectivity index (χ0) is 9.71. The Labute approximate surface area is 84.3 Å². The zero-order valence-electron chi connectivity index (χ0n) is 8.61. The monoisotopic (exact) mass is 191 g/mol. The van der Waals surface area contributed by atoms with Crippen LogP contribution >= 0.6 is 0 Å². The number of hydrogen-bond acceptors (Lipinski definition) is 2. The van der Waals surface area contributed by atoms with Crippen LogP contribution in [0.25, 0.3) is 0 Å². The third-order valence-electron chi connectivity index (χ3n) is 3.90. The summed E-state index contributed by atoms with van der Waals surface area (Å²) in [5, 5.41) is 4.50. The van der Waals surface area contributed by atoms with Gasteiger partial charge in [0.15, 0.2) is 0 Å². The number of fused-ring (bicyclic) bond motifs is 2. The first-order valence-electron chi connectivity index (χ1n) is 5.55. The van der Waals surface area contributed by atoms with Gasteiger partial charge < -0.3 is 5.73 Å². The zero-order valence-corrected chi connectivity index (χ0v) is 8.61. The molecule has 1 aromatic rings. The largest absolute Gasteiger partial charge is 0.384 e. The van der Waals surface area contributed by atoms with E-state index in [0.29, 0.717) is 6.04 Å². The summed E-state index contributed by atoms with van der Waals surface area (Å²) in [6.07, 6.45) is 5.52. The van der Waals surface area contributed by atoms with Gasteiger partial charge in [-0.05, 0) is 38.0 Å². The Kier molecular flexibility index (Phi) is 1.64. The summed E-state index contributed by atoms with van der Waals surface area (Å²) in [6.45, 7) is 2.01. The van der Waals surface area contributed by atoms with Crippen LogP contribution in [0.4, 0.5) is 5.82 Å². The van der Waals surface area contributed by atoms with Gasteiger partial charge in [-0.2, -0.15) is 5.10 Å². The molecule has 0 spiro atoms. The molecule has 2 aliphatic rings. The summed E-state index contributed by atoms with van der Waals surface area (Å²) in [4.78, 5) is 0. The topological polar surface area (TPSA) is 43.8 Å². The van der Waals surface area contributed by atoms with Crippen LogP contribution in [0, 0.1) is 18.8 Å². The van der Waals surface area contributed by atoms with E-state index in [4.69, 9.17) is 5.73 Å². The smallest absolute Gasteiger partial charge is 0.122 e. The van der Waals surface area contributed by atoms with Crippen LogP contribution in [0.5, 0.6) is 0 Å². The highest BCUT2D eigenvalue weighted by Gasteiger charge is 2.41. The molecule has 0 saturated heterocycles. The van der Waals surface area contributed by atoms with E-state index in [-0.39, 0.29) is 0 Å². The highest BCUT2D eigenvalue weighted by molar-refractivity contribution is 5.31. The Bertz CT molecular complexity index is 355. The molecule has 0 amide bonds. The number of aryl methyl sites for hydroxylation is 1. The van der Waals surface area contributed by atoms with Crippen molar-refractivity contribution in [2.75, 3.05) is 5.73 Å². The molecule has 76 valence electrons. The molecule has 0 aliphatic heterocycles. The molecule has 2 fully saturated rings. The second-order valence-electron chi connectivity index (χ2n) is 4.90. The minimum Gasteiger partial charge on any atom is -0.384 e. The third kappa shape index (κ3) is 1.08. The molecule has 1 aromatic heterocycles. The highest BCUT2D eigenvalue weighted by atomic mass is 15.3. The van der Waals surface area contributed by atoms with Gasteiger partial charge in [-0.3, -0.25) is 0 Å². The molecule has 2 aliphatic carbocycles. The van der Waals surface area contributed by atoms with Crippen LogP contribution in [-0.4, -0.2) is 9.78 Å². The second kappa shape index (κ2) is 2.75. The third-order valence-corrected chi connectivity index (χ3v) is 3.90. The summed E-state index contributed by atoms with van der Waals surface area (Å²) in [7, 11) is 0. The van der Waals surface area contributed by atoms with Crippen molar-refractivity contribution >= 4 is 5.82 Å². The van der Waals surface area contributed by atoms with Gasteiger partial charge in [0, 0.05) is 6.07 Å². The van der Waals surface area contributed by atoms with Crippen LogP contribution in [-0.2, 0) is 0 Å². The normalized spacial score (nSPS) is 35.4. The summed E-state index contributed by atoms with van der Waals surface area (Å²) in [5.41, 5.74) is 7.00. The summed E-state index contributed by atoms with van der Waals surface area (Å²) >= 11 is 0. The van der Waals surface area contributed by atoms with E-state index in [1.54, 1.807) is 0 Å². The van der Waals surface area contributed by atoms with Crippen LogP contribution in [0.1, 0.15) is 37.4 Å². The highest BCUT2D eigenvalue weighted by Crippen LogP contribution is 2.50. The first kappa shape index (κ1) is 8.33.